The summed E-state index contributed by atoms with van der Waals surface area (Å²) >= 11 is 0. The number of benzene rings is 1. The number of carbonyl (C=O) groups is 1. The standard InChI is InChI=1S/C17H14F3N5O4/c18-17(19,20)7-27-8-25-6-11(5-21-25)22-16(26)13-4-12(23-24-13)10-1-2-14-15(3-10)29-9-28-14/h1-6H,7-9H2,(H,22,26)(H,23,24). The molecule has 2 aromatic heterocycles. The summed E-state index contributed by atoms with van der Waals surface area (Å²) in [4.78, 5) is 12.4. The van der Waals surface area contributed by atoms with E-state index >= 15 is 0 Å². The van der Waals surface area contributed by atoms with Crippen molar-refractivity contribution in [1.29, 1.82) is 0 Å². The van der Waals surface area contributed by atoms with E-state index in [1.807, 2.05) is 0 Å². The lowest BCUT2D eigenvalue weighted by Gasteiger charge is -2.07. The molecule has 0 aliphatic carbocycles. The number of alkyl halides is 3. The second-order valence-electron chi connectivity index (χ2n) is 6.05. The molecule has 9 nitrogen and oxygen atoms in total. The van der Waals surface area contributed by atoms with Crippen molar-refractivity contribution in [1.82, 2.24) is 20.0 Å². The van der Waals surface area contributed by atoms with Gasteiger partial charge in [-0.3, -0.25) is 9.89 Å². The zero-order valence-corrected chi connectivity index (χ0v) is 14.7. The molecule has 29 heavy (non-hydrogen) atoms. The van der Waals surface area contributed by atoms with Gasteiger partial charge < -0.3 is 19.5 Å². The molecule has 0 fully saturated rings. The predicted octanol–water partition coefficient (Wildman–Crippen LogP) is 2.79. The number of H-pyrrole nitrogens is 1. The van der Waals surface area contributed by atoms with Gasteiger partial charge in [-0.05, 0) is 24.3 Å². The Balaban J connectivity index is 1.37. The van der Waals surface area contributed by atoms with E-state index in [9.17, 15) is 18.0 Å². The summed E-state index contributed by atoms with van der Waals surface area (Å²) < 4.78 is 52.4. The number of rotatable bonds is 6. The molecule has 1 aliphatic heterocycles. The summed E-state index contributed by atoms with van der Waals surface area (Å²) in [5.74, 6) is 0.746. The van der Waals surface area contributed by atoms with Gasteiger partial charge in [0.1, 0.15) is 19.0 Å². The molecule has 0 atom stereocenters. The van der Waals surface area contributed by atoms with Crippen LogP contribution in [0, 0.1) is 0 Å². The lowest BCUT2D eigenvalue weighted by Crippen LogP contribution is -2.18. The number of nitrogens with one attached hydrogen (secondary N) is 2. The van der Waals surface area contributed by atoms with Crippen molar-refractivity contribution in [3.63, 3.8) is 0 Å². The second kappa shape index (κ2) is 7.47. The summed E-state index contributed by atoms with van der Waals surface area (Å²) in [5.41, 5.74) is 1.76. The lowest BCUT2D eigenvalue weighted by atomic mass is 10.1. The van der Waals surface area contributed by atoms with Gasteiger partial charge in [0, 0.05) is 5.56 Å². The van der Waals surface area contributed by atoms with Crippen LogP contribution in [0.4, 0.5) is 18.9 Å². The third kappa shape index (κ3) is 4.48. The molecule has 0 spiro atoms. The molecule has 4 rings (SSSR count). The highest BCUT2D eigenvalue weighted by molar-refractivity contribution is 6.03. The zero-order chi connectivity index (χ0) is 20.4. The molecule has 0 bridgehead atoms. The van der Waals surface area contributed by atoms with E-state index in [1.54, 1.807) is 24.3 Å². The first-order valence-electron chi connectivity index (χ1n) is 8.31. The van der Waals surface area contributed by atoms with Gasteiger partial charge in [-0.2, -0.15) is 23.4 Å². The maximum absolute atomic E-state index is 12.4. The molecule has 3 heterocycles. The van der Waals surface area contributed by atoms with Crippen LogP contribution in [-0.4, -0.2) is 45.5 Å². The Bertz CT molecular complexity index is 1030. The first kappa shape index (κ1) is 18.8. The molecule has 0 unspecified atom stereocenters. The summed E-state index contributed by atoms with van der Waals surface area (Å²) in [5, 5.41) is 13.2. The highest BCUT2D eigenvalue weighted by atomic mass is 19.4. The van der Waals surface area contributed by atoms with E-state index < -0.39 is 25.4 Å². The average molecular weight is 409 g/mol. The van der Waals surface area contributed by atoms with E-state index in [4.69, 9.17) is 9.47 Å². The van der Waals surface area contributed by atoms with Gasteiger partial charge in [-0.1, -0.05) is 0 Å². The van der Waals surface area contributed by atoms with E-state index in [2.05, 4.69) is 25.3 Å². The Kier molecular flexibility index (Phi) is 4.84. The summed E-state index contributed by atoms with van der Waals surface area (Å²) in [7, 11) is 0. The van der Waals surface area contributed by atoms with Crippen LogP contribution >= 0.6 is 0 Å². The molecule has 0 saturated carbocycles. The zero-order valence-electron chi connectivity index (χ0n) is 14.7. The number of hydrogen-bond acceptors (Lipinski definition) is 6. The number of fused-ring (bicyclic) bond motifs is 1. The van der Waals surface area contributed by atoms with Crippen molar-refractivity contribution in [2.75, 3.05) is 18.7 Å². The van der Waals surface area contributed by atoms with Gasteiger partial charge in [0.2, 0.25) is 6.79 Å². The van der Waals surface area contributed by atoms with Crippen LogP contribution in [0.2, 0.25) is 0 Å². The Hall–Kier alpha value is -3.54. The Morgan fingerprint density at radius 2 is 2.10 bits per heavy atom. The van der Waals surface area contributed by atoms with Crippen molar-refractivity contribution in [2.24, 2.45) is 0 Å². The largest absolute Gasteiger partial charge is 0.454 e. The first-order valence-corrected chi connectivity index (χ1v) is 8.31. The summed E-state index contributed by atoms with van der Waals surface area (Å²) in [6.45, 7) is -1.62. The topological polar surface area (TPSA) is 103 Å². The van der Waals surface area contributed by atoms with E-state index in [1.165, 1.54) is 12.4 Å². The molecule has 1 aliphatic rings. The van der Waals surface area contributed by atoms with Crippen molar-refractivity contribution >= 4 is 11.6 Å². The number of aromatic nitrogens is 4. The maximum atomic E-state index is 12.4. The molecule has 2 N–H and O–H groups in total. The van der Waals surface area contributed by atoms with E-state index in [-0.39, 0.29) is 12.5 Å². The van der Waals surface area contributed by atoms with Gasteiger partial charge >= 0.3 is 6.18 Å². The fourth-order valence-corrected chi connectivity index (χ4v) is 2.59. The number of hydrogen-bond donors (Lipinski definition) is 2. The fourth-order valence-electron chi connectivity index (χ4n) is 2.59. The average Bonchev–Trinajstić information content (AvgIpc) is 3.40. The molecular formula is C17H14F3N5O4. The van der Waals surface area contributed by atoms with Crippen molar-refractivity contribution < 1.29 is 32.2 Å². The van der Waals surface area contributed by atoms with Crippen LogP contribution < -0.4 is 14.8 Å². The van der Waals surface area contributed by atoms with Gasteiger partial charge in [-0.25, -0.2) is 4.68 Å². The molecule has 12 heteroatoms. The van der Waals surface area contributed by atoms with Gasteiger partial charge in [0.15, 0.2) is 11.5 Å². The molecule has 1 amide bonds. The molecule has 3 aromatic rings. The van der Waals surface area contributed by atoms with Crippen molar-refractivity contribution in [3.8, 4) is 22.8 Å². The third-order valence-electron chi connectivity index (χ3n) is 3.87. The summed E-state index contributed by atoms with van der Waals surface area (Å²) in [6, 6.07) is 6.85. The van der Waals surface area contributed by atoms with Crippen molar-refractivity contribution in [2.45, 2.75) is 12.9 Å². The van der Waals surface area contributed by atoms with E-state index in [0.29, 0.717) is 22.9 Å². The number of anilines is 1. The second-order valence-corrected chi connectivity index (χ2v) is 6.05. The van der Waals surface area contributed by atoms with Crippen LogP contribution in [0.5, 0.6) is 11.5 Å². The van der Waals surface area contributed by atoms with Crippen LogP contribution in [0.1, 0.15) is 10.5 Å². The van der Waals surface area contributed by atoms with Crippen LogP contribution in [0.25, 0.3) is 11.3 Å². The first-order chi connectivity index (χ1) is 13.9. The minimum atomic E-state index is -4.42. The quantitative estimate of drug-likeness (QED) is 0.649. The SMILES string of the molecule is O=C(Nc1cnn(COCC(F)(F)F)c1)c1cc(-c2ccc3c(c2)OCO3)n[nH]1. The molecule has 1 aromatic carbocycles. The number of amides is 1. The smallest absolute Gasteiger partial charge is 0.411 e. The molecule has 0 radical (unpaired) electrons. The van der Waals surface area contributed by atoms with Crippen LogP contribution in [-0.2, 0) is 11.5 Å². The Morgan fingerprint density at radius 3 is 2.93 bits per heavy atom. The van der Waals surface area contributed by atoms with Gasteiger partial charge in [0.25, 0.3) is 5.91 Å². The maximum Gasteiger partial charge on any atom is 0.411 e. The highest BCUT2D eigenvalue weighted by Crippen LogP contribution is 2.35. The van der Waals surface area contributed by atoms with E-state index in [0.717, 1.165) is 10.2 Å². The normalized spacial score (nSPS) is 12.9. The lowest BCUT2D eigenvalue weighted by molar-refractivity contribution is -0.182. The number of halogens is 3. The Labute approximate surface area is 161 Å². The Morgan fingerprint density at radius 1 is 1.28 bits per heavy atom. The van der Waals surface area contributed by atoms with Crippen LogP contribution in [0.3, 0.4) is 0 Å². The fraction of sp³-hybridized carbons (Fsp3) is 0.235. The minimum Gasteiger partial charge on any atom is -0.454 e. The van der Waals surface area contributed by atoms with Gasteiger partial charge in [0.05, 0.1) is 23.8 Å². The third-order valence-corrected chi connectivity index (χ3v) is 3.87. The number of ether oxygens (including phenoxy) is 3. The monoisotopic (exact) mass is 409 g/mol. The summed E-state index contributed by atoms with van der Waals surface area (Å²) in [6.07, 6.45) is -1.77. The van der Waals surface area contributed by atoms with Gasteiger partial charge in [-0.15, -0.1) is 0 Å². The number of carbonyl (C=O) groups excluding carboxylic acids is 1. The predicted molar refractivity (Wildman–Crippen MR) is 92.3 cm³/mol. The minimum absolute atomic E-state index is 0.155. The van der Waals surface area contributed by atoms with Crippen molar-refractivity contribution in [3.05, 3.63) is 42.4 Å². The van der Waals surface area contributed by atoms with Crippen LogP contribution in [0.15, 0.2) is 36.7 Å². The highest BCUT2D eigenvalue weighted by Gasteiger charge is 2.27. The molecular weight excluding hydrogens is 395 g/mol. The molecule has 0 saturated heterocycles. The number of aromatic amines is 1. The number of nitrogens with zero attached hydrogens (tertiary/aromatic N) is 3. The molecule has 152 valence electrons.